The number of hydrogen-bond donors (Lipinski definition) is 1. The Morgan fingerprint density at radius 2 is 2.27 bits per heavy atom. The van der Waals surface area contributed by atoms with Crippen LogP contribution in [0.1, 0.15) is 17.3 Å². The van der Waals surface area contributed by atoms with Gasteiger partial charge in [0.05, 0.1) is 22.5 Å². The van der Waals surface area contributed by atoms with Crippen molar-refractivity contribution in [2.45, 2.75) is 13.0 Å². The highest BCUT2D eigenvalue weighted by atomic mass is 35.5. The van der Waals surface area contributed by atoms with Crippen LogP contribution < -0.4 is 0 Å². The predicted molar refractivity (Wildman–Crippen MR) is 63.0 cm³/mol. The number of amides is 1. The molecule has 0 saturated heterocycles. The number of nitrogens with zero attached hydrogens (tertiary/aromatic N) is 1. The van der Waals surface area contributed by atoms with Gasteiger partial charge in [0.25, 0.3) is 5.91 Å². The second-order valence-electron chi connectivity index (χ2n) is 3.19. The van der Waals surface area contributed by atoms with Gasteiger partial charge >= 0.3 is 0 Å². The van der Waals surface area contributed by atoms with E-state index in [0.717, 1.165) is 11.3 Å². The molecule has 0 aliphatic carbocycles. The molecule has 0 bridgehead atoms. The van der Waals surface area contributed by atoms with E-state index in [9.17, 15) is 4.79 Å². The van der Waals surface area contributed by atoms with Crippen molar-refractivity contribution in [2.24, 2.45) is 0 Å². The van der Waals surface area contributed by atoms with E-state index in [1.807, 2.05) is 0 Å². The Labute approximate surface area is 102 Å². The minimum absolute atomic E-state index is 0.0856. The molecule has 84 valence electrons. The lowest BCUT2D eigenvalue weighted by Crippen LogP contribution is -2.37. The zero-order valence-corrected chi connectivity index (χ0v) is 10.7. The molecular formula is C9H11Cl2NO2S. The van der Waals surface area contributed by atoms with Crippen molar-refractivity contribution in [3.8, 4) is 0 Å². The molecule has 1 rings (SSSR count). The van der Waals surface area contributed by atoms with Gasteiger partial charge in [-0.25, -0.2) is 0 Å². The van der Waals surface area contributed by atoms with E-state index in [-0.39, 0.29) is 18.6 Å². The van der Waals surface area contributed by atoms with Crippen LogP contribution in [0, 0.1) is 0 Å². The zero-order valence-electron chi connectivity index (χ0n) is 8.33. The minimum Gasteiger partial charge on any atom is -0.394 e. The third-order valence-electron chi connectivity index (χ3n) is 2.13. The summed E-state index contributed by atoms with van der Waals surface area (Å²) in [5.74, 6) is -0.232. The van der Waals surface area contributed by atoms with Crippen LogP contribution in [0.25, 0.3) is 0 Å². The highest BCUT2D eigenvalue weighted by Gasteiger charge is 2.21. The maximum Gasteiger partial charge on any atom is 0.256 e. The number of rotatable bonds is 3. The summed E-state index contributed by atoms with van der Waals surface area (Å²) in [6.45, 7) is 1.66. The summed E-state index contributed by atoms with van der Waals surface area (Å²) >= 11 is 12.8. The van der Waals surface area contributed by atoms with Gasteiger partial charge in [-0.15, -0.1) is 11.3 Å². The summed E-state index contributed by atoms with van der Waals surface area (Å²) in [5, 5.41) is 8.93. The van der Waals surface area contributed by atoms with Crippen molar-refractivity contribution < 1.29 is 9.90 Å². The molecule has 1 aromatic heterocycles. The number of carbonyl (C=O) groups excluding carboxylic acids is 1. The third kappa shape index (κ3) is 2.84. The van der Waals surface area contributed by atoms with Crippen molar-refractivity contribution in [3.05, 3.63) is 20.3 Å². The van der Waals surface area contributed by atoms with Crippen molar-refractivity contribution in [3.63, 3.8) is 0 Å². The SMILES string of the molecule is CC(CO)N(C)C(=O)c1cc(Cl)sc1Cl. The first-order valence-corrected chi connectivity index (χ1v) is 5.87. The summed E-state index contributed by atoms with van der Waals surface area (Å²) < 4.78 is 0.857. The topological polar surface area (TPSA) is 40.5 Å². The van der Waals surface area contributed by atoms with Crippen LogP contribution in [-0.4, -0.2) is 35.6 Å². The smallest absolute Gasteiger partial charge is 0.256 e. The normalized spacial score (nSPS) is 12.6. The van der Waals surface area contributed by atoms with Gasteiger partial charge in [0.2, 0.25) is 0 Å². The lowest BCUT2D eigenvalue weighted by molar-refractivity contribution is 0.0683. The summed E-state index contributed by atoms with van der Waals surface area (Å²) in [6.07, 6.45) is 0. The molecule has 0 radical (unpaired) electrons. The van der Waals surface area contributed by atoms with Crippen LogP contribution in [0.15, 0.2) is 6.07 Å². The van der Waals surface area contributed by atoms with Crippen LogP contribution >= 0.6 is 34.5 Å². The Bertz CT molecular complexity index is 367. The van der Waals surface area contributed by atoms with Crippen LogP contribution in [0.2, 0.25) is 8.67 Å². The number of thiophene rings is 1. The van der Waals surface area contributed by atoms with E-state index < -0.39 is 0 Å². The average Bonchev–Trinajstić information content (AvgIpc) is 2.54. The second kappa shape index (κ2) is 5.16. The standard InChI is InChI=1S/C9H11Cl2NO2S/c1-5(4-13)12(2)9(14)6-3-7(10)15-8(6)11/h3,5,13H,4H2,1-2H3. The highest BCUT2D eigenvalue weighted by molar-refractivity contribution is 7.20. The minimum atomic E-state index is -0.243. The molecule has 1 aromatic rings. The van der Waals surface area contributed by atoms with Crippen molar-refractivity contribution in [2.75, 3.05) is 13.7 Å². The molecule has 0 aliphatic rings. The highest BCUT2D eigenvalue weighted by Crippen LogP contribution is 2.31. The molecule has 0 aromatic carbocycles. The predicted octanol–water partition coefficient (Wildman–Crippen LogP) is 2.51. The first-order chi connectivity index (χ1) is 6.97. The van der Waals surface area contributed by atoms with Gasteiger partial charge < -0.3 is 10.0 Å². The molecule has 0 spiro atoms. The molecule has 0 saturated carbocycles. The fraction of sp³-hybridized carbons (Fsp3) is 0.444. The van der Waals surface area contributed by atoms with Gasteiger partial charge in [-0.1, -0.05) is 23.2 Å². The van der Waals surface area contributed by atoms with Crippen LogP contribution in [-0.2, 0) is 0 Å². The van der Waals surface area contributed by atoms with Crippen LogP contribution in [0.4, 0.5) is 0 Å². The number of halogens is 2. The molecule has 3 nitrogen and oxygen atoms in total. The van der Waals surface area contributed by atoms with Crippen LogP contribution in [0.5, 0.6) is 0 Å². The Kier molecular flexibility index (Phi) is 4.40. The van der Waals surface area contributed by atoms with E-state index >= 15 is 0 Å². The molecule has 1 heterocycles. The number of carbonyl (C=O) groups is 1. The van der Waals surface area contributed by atoms with Crippen molar-refractivity contribution in [1.29, 1.82) is 0 Å². The average molecular weight is 268 g/mol. The van der Waals surface area contributed by atoms with Gasteiger partial charge in [0.1, 0.15) is 4.34 Å². The molecule has 0 fully saturated rings. The van der Waals surface area contributed by atoms with Gasteiger partial charge in [-0.3, -0.25) is 4.79 Å². The summed E-state index contributed by atoms with van der Waals surface area (Å²) in [4.78, 5) is 13.3. The van der Waals surface area contributed by atoms with E-state index in [4.69, 9.17) is 28.3 Å². The molecule has 6 heteroatoms. The van der Waals surface area contributed by atoms with E-state index in [1.165, 1.54) is 11.0 Å². The molecule has 0 aliphatic heterocycles. The van der Waals surface area contributed by atoms with Gasteiger partial charge in [0, 0.05) is 7.05 Å². The van der Waals surface area contributed by atoms with E-state index in [0.29, 0.717) is 14.2 Å². The van der Waals surface area contributed by atoms with Crippen molar-refractivity contribution >= 4 is 40.4 Å². The lowest BCUT2D eigenvalue weighted by Gasteiger charge is -2.22. The summed E-state index contributed by atoms with van der Waals surface area (Å²) in [6, 6.07) is 1.30. The molecule has 15 heavy (non-hydrogen) atoms. The fourth-order valence-electron chi connectivity index (χ4n) is 0.999. The number of aliphatic hydroxyl groups is 1. The Morgan fingerprint density at radius 3 is 2.67 bits per heavy atom. The largest absolute Gasteiger partial charge is 0.394 e. The second-order valence-corrected chi connectivity index (χ2v) is 5.47. The maximum absolute atomic E-state index is 11.9. The van der Waals surface area contributed by atoms with Crippen molar-refractivity contribution in [1.82, 2.24) is 4.90 Å². The molecule has 1 unspecified atom stereocenters. The van der Waals surface area contributed by atoms with Crippen LogP contribution in [0.3, 0.4) is 0 Å². The Morgan fingerprint density at radius 1 is 1.67 bits per heavy atom. The third-order valence-corrected chi connectivity index (χ3v) is 3.62. The van der Waals surface area contributed by atoms with E-state index in [2.05, 4.69) is 0 Å². The molecule has 1 atom stereocenters. The Hall–Kier alpha value is -0.290. The van der Waals surface area contributed by atoms with Gasteiger partial charge in [-0.2, -0.15) is 0 Å². The van der Waals surface area contributed by atoms with Gasteiger partial charge in [0.15, 0.2) is 0 Å². The Balaban J connectivity index is 2.89. The zero-order chi connectivity index (χ0) is 11.6. The number of hydrogen-bond acceptors (Lipinski definition) is 3. The van der Waals surface area contributed by atoms with Gasteiger partial charge in [-0.05, 0) is 13.0 Å². The first-order valence-electron chi connectivity index (χ1n) is 4.30. The maximum atomic E-state index is 11.9. The summed E-state index contributed by atoms with van der Waals surface area (Å²) in [7, 11) is 1.62. The quantitative estimate of drug-likeness (QED) is 0.915. The number of aliphatic hydroxyl groups excluding tert-OH is 1. The molecular weight excluding hydrogens is 257 g/mol. The molecule has 1 amide bonds. The first kappa shape index (κ1) is 12.8. The fourth-order valence-corrected chi connectivity index (χ4v) is 2.45. The molecule has 1 N–H and O–H groups in total. The lowest BCUT2D eigenvalue weighted by atomic mass is 10.2. The van der Waals surface area contributed by atoms with E-state index in [1.54, 1.807) is 14.0 Å². The monoisotopic (exact) mass is 267 g/mol. The summed E-state index contributed by atoms with van der Waals surface area (Å²) in [5.41, 5.74) is 0.384. The number of likely N-dealkylation sites (N-methyl/N-ethyl adjacent to an activating group) is 1.